The number of nitrogens with zero attached hydrogens (tertiary/aromatic N) is 3. The molecule has 120 valence electrons. The smallest absolute Gasteiger partial charge is 0.229 e. The molecule has 0 unspecified atom stereocenters. The Morgan fingerprint density at radius 3 is 3.14 bits per heavy atom. The molecule has 0 radical (unpaired) electrons. The van der Waals surface area contributed by atoms with Crippen LogP contribution in [0.3, 0.4) is 0 Å². The number of hydrogen-bond acceptors (Lipinski definition) is 3. The summed E-state index contributed by atoms with van der Waals surface area (Å²) in [5.74, 6) is 1.01. The SMILES string of the molecule is CCn1ccnc1[C@@H]1OCCC[C@H]1C(=O)N1CCC=C(C)C1. The Labute approximate surface area is 132 Å². The second-order valence-electron chi connectivity index (χ2n) is 6.21. The zero-order valence-corrected chi connectivity index (χ0v) is 13.5. The van der Waals surface area contributed by atoms with E-state index in [9.17, 15) is 4.79 Å². The van der Waals surface area contributed by atoms with E-state index in [-0.39, 0.29) is 17.9 Å². The first-order valence-corrected chi connectivity index (χ1v) is 8.27. The third kappa shape index (κ3) is 2.95. The summed E-state index contributed by atoms with van der Waals surface area (Å²) in [5.41, 5.74) is 1.28. The Hall–Kier alpha value is -1.62. The highest BCUT2D eigenvalue weighted by Crippen LogP contribution is 2.34. The third-order valence-corrected chi connectivity index (χ3v) is 4.63. The van der Waals surface area contributed by atoms with Crippen LogP contribution in [0.25, 0.3) is 0 Å². The van der Waals surface area contributed by atoms with E-state index >= 15 is 0 Å². The van der Waals surface area contributed by atoms with Crippen LogP contribution in [-0.2, 0) is 16.1 Å². The highest BCUT2D eigenvalue weighted by atomic mass is 16.5. The molecule has 3 rings (SSSR count). The summed E-state index contributed by atoms with van der Waals surface area (Å²) >= 11 is 0. The van der Waals surface area contributed by atoms with Crippen LogP contribution in [0.15, 0.2) is 24.0 Å². The first-order valence-electron chi connectivity index (χ1n) is 8.27. The average Bonchev–Trinajstić information content (AvgIpc) is 3.02. The van der Waals surface area contributed by atoms with Crippen molar-refractivity contribution in [3.63, 3.8) is 0 Å². The van der Waals surface area contributed by atoms with E-state index in [0.717, 1.165) is 44.7 Å². The molecule has 0 saturated carbocycles. The molecule has 0 aliphatic carbocycles. The average molecular weight is 303 g/mol. The highest BCUT2D eigenvalue weighted by Gasteiger charge is 2.38. The molecule has 22 heavy (non-hydrogen) atoms. The number of carbonyl (C=O) groups excluding carboxylic acids is 1. The van der Waals surface area contributed by atoms with Crippen molar-refractivity contribution in [3.05, 3.63) is 29.9 Å². The maximum atomic E-state index is 13.0. The number of aromatic nitrogens is 2. The fourth-order valence-corrected chi connectivity index (χ4v) is 3.47. The number of carbonyl (C=O) groups is 1. The van der Waals surface area contributed by atoms with Gasteiger partial charge in [-0.15, -0.1) is 0 Å². The number of ether oxygens (including phenoxy) is 1. The molecule has 0 spiro atoms. The van der Waals surface area contributed by atoms with Crippen molar-refractivity contribution >= 4 is 5.91 Å². The summed E-state index contributed by atoms with van der Waals surface area (Å²) in [6, 6.07) is 0. The minimum atomic E-state index is -0.206. The minimum absolute atomic E-state index is 0.104. The van der Waals surface area contributed by atoms with Gasteiger partial charge < -0.3 is 14.2 Å². The van der Waals surface area contributed by atoms with Crippen LogP contribution < -0.4 is 0 Å². The molecule has 1 amide bonds. The van der Waals surface area contributed by atoms with Crippen molar-refractivity contribution in [3.8, 4) is 0 Å². The Kier molecular flexibility index (Phi) is 4.62. The van der Waals surface area contributed by atoms with Crippen LogP contribution in [0, 0.1) is 5.92 Å². The summed E-state index contributed by atoms with van der Waals surface area (Å²) < 4.78 is 8.05. The van der Waals surface area contributed by atoms with Crippen LogP contribution in [0.1, 0.15) is 45.0 Å². The van der Waals surface area contributed by atoms with Crippen LogP contribution in [-0.4, -0.2) is 40.1 Å². The fourth-order valence-electron chi connectivity index (χ4n) is 3.47. The van der Waals surface area contributed by atoms with Crippen LogP contribution in [0.4, 0.5) is 0 Å². The lowest BCUT2D eigenvalue weighted by molar-refractivity contribution is -0.146. The molecule has 1 aromatic rings. The Morgan fingerprint density at radius 2 is 2.36 bits per heavy atom. The normalized spacial score (nSPS) is 25.9. The van der Waals surface area contributed by atoms with Crippen molar-refractivity contribution in [2.75, 3.05) is 19.7 Å². The number of amides is 1. The first-order chi connectivity index (χ1) is 10.7. The van der Waals surface area contributed by atoms with Crippen molar-refractivity contribution in [2.45, 2.75) is 45.8 Å². The predicted octanol–water partition coefficient (Wildman–Crippen LogP) is 2.55. The van der Waals surface area contributed by atoms with E-state index in [1.54, 1.807) is 6.20 Å². The molecule has 5 nitrogen and oxygen atoms in total. The van der Waals surface area contributed by atoms with Gasteiger partial charge in [-0.1, -0.05) is 11.6 Å². The maximum Gasteiger partial charge on any atom is 0.229 e. The zero-order chi connectivity index (χ0) is 15.5. The molecule has 2 aliphatic rings. The summed E-state index contributed by atoms with van der Waals surface area (Å²) in [6.07, 6.45) is 8.57. The fraction of sp³-hybridized carbons (Fsp3) is 0.647. The van der Waals surface area contributed by atoms with E-state index in [2.05, 4.69) is 29.5 Å². The van der Waals surface area contributed by atoms with Gasteiger partial charge in [0.1, 0.15) is 11.9 Å². The van der Waals surface area contributed by atoms with Gasteiger partial charge >= 0.3 is 0 Å². The zero-order valence-electron chi connectivity index (χ0n) is 13.5. The van der Waals surface area contributed by atoms with Crippen LogP contribution in [0.2, 0.25) is 0 Å². The topological polar surface area (TPSA) is 47.4 Å². The van der Waals surface area contributed by atoms with Gasteiger partial charge in [-0.25, -0.2) is 4.98 Å². The van der Waals surface area contributed by atoms with E-state index in [4.69, 9.17) is 4.74 Å². The lowest BCUT2D eigenvalue weighted by atomic mass is 9.91. The predicted molar refractivity (Wildman–Crippen MR) is 84.3 cm³/mol. The van der Waals surface area contributed by atoms with Gasteiger partial charge in [0, 0.05) is 38.6 Å². The molecule has 2 atom stereocenters. The molecule has 3 heterocycles. The second kappa shape index (κ2) is 6.65. The Balaban J connectivity index is 1.80. The lowest BCUT2D eigenvalue weighted by Gasteiger charge is -2.35. The van der Waals surface area contributed by atoms with Crippen LogP contribution in [0.5, 0.6) is 0 Å². The Bertz CT molecular complexity index is 564. The number of hydrogen-bond donors (Lipinski definition) is 0. The van der Waals surface area contributed by atoms with Gasteiger partial charge in [-0.2, -0.15) is 0 Å². The molecule has 5 heteroatoms. The molecule has 0 N–H and O–H groups in total. The van der Waals surface area contributed by atoms with E-state index < -0.39 is 0 Å². The molecule has 1 fully saturated rings. The van der Waals surface area contributed by atoms with E-state index in [0.29, 0.717) is 6.61 Å². The summed E-state index contributed by atoms with van der Waals surface area (Å²) in [4.78, 5) is 19.4. The maximum absolute atomic E-state index is 13.0. The molecule has 2 aliphatic heterocycles. The molecule has 0 aromatic carbocycles. The minimum Gasteiger partial charge on any atom is -0.369 e. The highest BCUT2D eigenvalue weighted by molar-refractivity contribution is 5.80. The van der Waals surface area contributed by atoms with E-state index in [1.165, 1.54) is 5.57 Å². The number of rotatable bonds is 3. The molecule has 1 aromatic heterocycles. The van der Waals surface area contributed by atoms with Crippen molar-refractivity contribution in [1.82, 2.24) is 14.5 Å². The lowest BCUT2D eigenvalue weighted by Crippen LogP contribution is -2.43. The first kappa shape index (κ1) is 15.3. The van der Waals surface area contributed by atoms with Gasteiger partial charge in [-0.3, -0.25) is 4.79 Å². The molecular formula is C17H25N3O2. The van der Waals surface area contributed by atoms with Gasteiger partial charge in [0.15, 0.2) is 0 Å². The standard InChI is InChI=1S/C17H25N3O2/c1-3-19-10-8-18-16(19)15-14(7-5-11-22-15)17(21)20-9-4-6-13(2)12-20/h6,8,10,14-15H,3-5,7,9,11-12H2,1-2H3/t14-,15-/m1/s1. The van der Waals surface area contributed by atoms with Gasteiger partial charge in [-0.05, 0) is 33.1 Å². The summed E-state index contributed by atoms with van der Waals surface area (Å²) in [6.45, 7) is 7.32. The van der Waals surface area contributed by atoms with Gasteiger partial charge in [0.2, 0.25) is 5.91 Å². The van der Waals surface area contributed by atoms with Gasteiger partial charge in [0.05, 0.1) is 5.92 Å². The Morgan fingerprint density at radius 1 is 1.50 bits per heavy atom. The summed E-state index contributed by atoms with van der Waals surface area (Å²) in [5, 5.41) is 0. The number of aryl methyl sites for hydroxylation is 1. The van der Waals surface area contributed by atoms with Gasteiger partial charge in [0.25, 0.3) is 0 Å². The monoisotopic (exact) mass is 303 g/mol. The summed E-state index contributed by atoms with van der Waals surface area (Å²) in [7, 11) is 0. The van der Waals surface area contributed by atoms with Crippen LogP contribution >= 0.6 is 0 Å². The molecular weight excluding hydrogens is 278 g/mol. The van der Waals surface area contributed by atoms with Crippen molar-refractivity contribution in [1.29, 1.82) is 0 Å². The third-order valence-electron chi connectivity index (χ3n) is 4.63. The quantitative estimate of drug-likeness (QED) is 0.806. The van der Waals surface area contributed by atoms with Crippen molar-refractivity contribution in [2.24, 2.45) is 5.92 Å². The second-order valence-corrected chi connectivity index (χ2v) is 6.21. The molecule has 1 saturated heterocycles. The van der Waals surface area contributed by atoms with E-state index in [1.807, 2.05) is 11.1 Å². The largest absolute Gasteiger partial charge is 0.369 e. The van der Waals surface area contributed by atoms with Crippen molar-refractivity contribution < 1.29 is 9.53 Å². The molecule has 0 bridgehead atoms. The number of imidazole rings is 1.